The standard InChI is InChI=1S/C22H30N2O5.C2H6/c1-23-18-11-10-17(29-20-5-3-4-12-28-20)13-19(18)24(22(23)26)14-15-6-8-16(9-7-15)21(25)27-2;1-2/h10-11,13,15-16,20H,3-9,12,14H2,1-2H3;1-2H3. The van der Waals surface area contributed by atoms with Crippen molar-refractivity contribution in [3.8, 4) is 5.75 Å². The van der Waals surface area contributed by atoms with Crippen molar-refractivity contribution in [1.29, 1.82) is 0 Å². The van der Waals surface area contributed by atoms with Gasteiger partial charge in [-0.2, -0.15) is 0 Å². The Morgan fingerprint density at radius 3 is 2.48 bits per heavy atom. The minimum absolute atomic E-state index is 0.00372. The van der Waals surface area contributed by atoms with E-state index in [1.165, 1.54) is 7.11 Å². The Labute approximate surface area is 184 Å². The van der Waals surface area contributed by atoms with Gasteiger partial charge in [0.05, 0.1) is 30.7 Å². The topological polar surface area (TPSA) is 71.7 Å². The third-order valence-electron chi connectivity index (χ3n) is 6.34. The van der Waals surface area contributed by atoms with Gasteiger partial charge in [-0.05, 0) is 56.6 Å². The van der Waals surface area contributed by atoms with E-state index in [-0.39, 0.29) is 23.9 Å². The number of ether oxygens (including phenoxy) is 3. The van der Waals surface area contributed by atoms with Crippen LogP contribution in [0.4, 0.5) is 0 Å². The highest BCUT2D eigenvalue weighted by atomic mass is 16.7. The van der Waals surface area contributed by atoms with Crippen molar-refractivity contribution in [2.45, 2.75) is 71.6 Å². The molecule has 1 saturated heterocycles. The summed E-state index contributed by atoms with van der Waals surface area (Å²) in [5.41, 5.74) is 1.78. The van der Waals surface area contributed by atoms with Gasteiger partial charge in [0.15, 0.2) is 6.29 Å². The van der Waals surface area contributed by atoms with Gasteiger partial charge in [0.1, 0.15) is 5.75 Å². The van der Waals surface area contributed by atoms with E-state index in [2.05, 4.69) is 0 Å². The van der Waals surface area contributed by atoms with Crippen LogP contribution in [0.2, 0.25) is 0 Å². The lowest BCUT2D eigenvalue weighted by Gasteiger charge is -2.27. The van der Waals surface area contributed by atoms with Crippen molar-refractivity contribution < 1.29 is 19.0 Å². The molecule has 1 atom stereocenters. The van der Waals surface area contributed by atoms with Crippen LogP contribution >= 0.6 is 0 Å². The molecule has 1 aliphatic heterocycles. The van der Waals surface area contributed by atoms with Gasteiger partial charge in [0, 0.05) is 26.1 Å². The summed E-state index contributed by atoms with van der Waals surface area (Å²) in [6.07, 6.45) is 6.37. The Morgan fingerprint density at radius 1 is 1.10 bits per heavy atom. The predicted molar refractivity (Wildman–Crippen MR) is 120 cm³/mol. The number of hydrogen-bond donors (Lipinski definition) is 0. The second-order valence-electron chi connectivity index (χ2n) is 8.26. The quantitative estimate of drug-likeness (QED) is 0.661. The number of fused-ring (bicyclic) bond motifs is 1. The second-order valence-corrected chi connectivity index (χ2v) is 8.26. The average Bonchev–Trinajstić information content (AvgIpc) is 3.05. The van der Waals surface area contributed by atoms with Crippen molar-refractivity contribution in [2.24, 2.45) is 18.9 Å². The molecule has 1 aromatic heterocycles. The van der Waals surface area contributed by atoms with Gasteiger partial charge in [-0.25, -0.2) is 4.79 Å². The molecule has 172 valence electrons. The highest BCUT2D eigenvalue weighted by Gasteiger charge is 2.28. The Morgan fingerprint density at radius 2 is 1.84 bits per heavy atom. The normalized spacial score (nSPS) is 23.7. The van der Waals surface area contributed by atoms with Crippen LogP contribution in [0.15, 0.2) is 23.0 Å². The number of nitrogens with zero attached hydrogens (tertiary/aromatic N) is 2. The third kappa shape index (κ3) is 5.32. The molecule has 1 aromatic carbocycles. The number of carbonyl (C=O) groups excluding carboxylic acids is 1. The molecule has 1 saturated carbocycles. The lowest BCUT2D eigenvalue weighted by molar-refractivity contribution is -0.146. The fourth-order valence-corrected chi connectivity index (χ4v) is 4.60. The first-order chi connectivity index (χ1) is 15.1. The lowest BCUT2D eigenvalue weighted by Crippen LogP contribution is -2.29. The molecule has 2 aliphatic rings. The lowest BCUT2D eigenvalue weighted by atomic mass is 9.82. The maximum atomic E-state index is 12.9. The highest BCUT2D eigenvalue weighted by Crippen LogP contribution is 2.31. The third-order valence-corrected chi connectivity index (χ3v) is 6.34. The van der Waals surface area contributed by atoms with Crippen molar-refractivity contribution in [1.82, 2.24) is 9.13 Å². The zero-order valence-electron chi connectivity index (χ0n) is 19.3. The van der Waals surface area contributed by atoms with Crippen LogP contribution in [0.5, 0.6) is 5.75 Å². The van der Waals surface area contributed by atoms with Crippen LogP contribution in [0.1, 0.15) is 58.8 Å². The number of aromatic nitrogens is 2. The molecule has 2 heterocycles. The number of carbonyl (C=O) groups is 1. The van der Waals surface area contributed by atoms with E-state index < -0.39 is 0 Å². The molecule has 0 spiro atoms. The van der Waals surface area contributed by atoms with Crippen LogP contribution in [0, 0.1) is 11.8 Å². The summed E-state index contributed by atoms with van der Waals surface area (Å²) in [7, 11) is 3.25. The number of hydrogen-bond acceptors (Lipinski definition) is 5. The summed E-state index contributed by atoms with van der Waals surface area (Å²) in [5, 5.41) is 0. The number of esters is 1. The van der Waals surface area contributed by atoms with Crippen LogP contribution in [-0.2, 0) is 27.9 Å². The van der Waals surface area contributed by atoms with Crippen molar-refractivity contribution >= 4 is 17.0 Å². The monoisotopic (exact) mass is 432 g/mol. The largest absolute Gasteiger partial charge is 0.469 e. The zero-order chi connectivity index (χ0) is 22.4. The van der Waals surface area contributed by atoms with E-state index in [4.69, 9.17) is 14.2 Å². The molecule has 31 heavy (non-hydrogen) atoms. The molecule has 0 bridgehead atoms. The van der Waals surface area contributed by atoms with Crippen LogP contribution in [0.3, 0.4) is 0 Å². The van der Waals surface area contributed by atoms with Gasteiger partial charge < -0.3 is 14.2 Å². The summed E-state index contributed by atoms with van der Waals surface area (Å²) in [4.78, 5) is 24.6. The van der Waals surface area contributed by atoms with E-state index in [0.717, 1.165) is 68.3 Å². The van der Waals surface area contributed by atoms with E-state index in [1.54, 1.807) is 11.6 Å². The molecule has 0 radical (unpaired) electrons. The molecule has 0 N–H and O–H groups in total. The summed E-state index contributed by atoms with van der Waals surface area (Å²) >= 11 is 0. The van der Waals surface area contributed by atoms with Gasteiger partial charge in [0.2, 0.25) is 0 Å². The highest BCUT2D eigenvalue weighted by molar-refractivity contribution is 5.78. The van der Waals surface area contributed by atoms with Gasteiger partial charge in [0.25, 0.3) is 0 Å². The smallest absolute Gasteiger partial charge is 0.328 e. The molecule has 7 nitrogen and oxygen atoms in total. The number of benzene rings is 1. The molecule has 1 unspecified atom stereocenters. The Balaban J connectivity index is 0.00000132. The van der Waals surface area contributed by atoms with Crippen LogP contribution < -0.4 is 10.4 Å². The molecular formula is C24H36N2O5. The molecule has 0 amide bonds. The van der Waals surface area contributed by atoms with Gasteiger partial charge in [-0.1, -0.05) is 13.8 Å². The summed E-state index contributed by atoms with van der Waals surface area (Å²) in [6.45, 7) is 5.39. The molecule has 1 aliphatic carbocycles. The van der Waals surface area contributed by atoms with Gasteiger partial charge in [-0.15, -0.1) is 0 Å². The number of aryl methyl sites for hydroxylation is 1. The number of methoxy groups -OCH3 is 1. The average molecular weight is 433 g/mol. The Kier molecular flexibility index (Phi) is 8.18. The van der Waals surface area contributed by atoms with E-state index in [1.807, 2.05) is 36.6 Å². The SMILES string of the molecule is CC.COC(=O)C1CCC(Cn2c(=O)n(C)c3ccc(OC4CCCCO4)cc32)CC1. The Hall–Kier alpha value is -2.28. The van der Waals surface area contributed by atoms with E-state index in [9.17, 15) is 9.59 Å². The van der Waals surface area contributed by atoms with Gasteiger partial charge in [-0.3, -0.25) is 13.9 Å². The summed E-state index contributed by atoms with van der Waals surface area (Å²) in [5.74, 6) is 0.997. The van der Waals surface area contributed by atoms with Crippen molar-refractivity contribution in [3.05, 3.63) is 28.7 Å². The van der Waals surface area contributed by atoms with Crippen molar-refractivity contribution in [3.63, 3.8) is 0 Å². The Bertz CT molecular complexity index is 918. The second kappa shape index (κ2) is 10.8. The minimum Gasteiger partial charge on any atom is -0.469 e. The first-order valence-corrected chi connectivity index (χ1v) is 11.6. The number of rotatable bonds is 5. The molecule has 2 aromatic rings. The van der Waals surface area contributed by atoms with E-state index >= 15 is 0 Å². The first kappa shape index (κ1) is 23.4. The fraction of sp³-hybridized carbons (Fsp3) is 0.667. The minimum atomic E-state index is -0.210. The molecule has 7 heteroatoms. The summed E-state index contributed by atoms with van der Waals surface area (Å²) in [6, 6.07) is 5.81. The first-order valence-electron chi connectivity index (χ1n) is 11.6. The van der Waals surface area contributed by atoms with Crippen molar-refractivity contribution in [2.75, 3.05) is 13.7 Å². The van der Waals surface area contributed by atoms with Crippen LogP contribution in [0.25, 0.3) is 11.0 Å². The summed E-state index contributed by atoms with van der Waals surface area (Å²) < 4.78 is 20.1. The molecule has 2 fully saturated rings. The fourth-order valence-electron chi connectivity index (χ4n) is 4.60. The maximum absolute atomic E-state index is 12.9. The number of imidazole rings is 1. The molecule has 4 rings (SSSR count). The maximum Gasteiger partial charge on any atom is 0.328 e. The zero-order valence-corrected chi connectivity index (χ0v) is 19.3. The van der Waals surface area contributed by atoms with E-state index in [0.29, 0.717) is 12.5 Å². The van der Waals surface area contributed by atoms with Gasteiger partial charge >= 0.3 is 11.7 Å². The molecular weight excluding hydrogens is 396 g/mol. The predicted octanol–water partition coefficient (Wildman–Crippen LogP) is 4.25. The van der Waals surface area contributed by atoms with Crippen LogP contribution in [-0.4, -0.2) is 35.1 Å².